The zero-order valence-electron chi connectivity index (χ0n) is 14.8. The number of amides is 1. The van der Waals surface area contributed by atoms with Gasteiger partial charge in [-0.3, -0.25) is 4.79 Å². The van der Waals surface area contributed by atoms with E-state index in [-0.39, 0.29) is 16.9 Å². The van der Waals surface area contributed by atoms with Gasteiger partial charge in [0.1, 0.15) is 11.6 Å². The van der Waals surface area contributed by atoms with E-state index in [1.807, 2.05) is 30.3 Å². The molecule has 0 fully saturated rings. The molecule has 0 aliphatic rings. The molecule has 2 aromatic carbocycles. The Bertz CT molecular complexity index is 942. The molecule has 0 saturated heterocycles. The van der Waals surface area contributed by atoms with Crippen molar-refractivity contribution in [1.29, 1.82) is 0 Å². The lowest BCUT2D eigenvalue weighted by Gasteiger charge is -2.14. The van der Waals surface area contributed by atoms with Crippen molar-refractivity contribution in [3.8, 4) is 5.69 Å². The van der Waals surface area contributed by atoms with Crippen LogP contribution in [0.1, 0.15) is 36.8 Å². The molecule has 0 spiro atoms. The van der Waals surface area contributed by atoms with Gasteiger partial charge in [-0.2, -0.15) is 5.10 Å². The first-order chi connectivity index (χ1) is 12.2. The van der Waals surface area contributed by atoms with Crippen LogP contribution >= 0.6 is 15.9 Å². The highest BCUT2D eigenvalue weighted by Gasteiger charge is 2.22. The van der Waals surface area contributed by atoms with Crippen molar-refractivity contribution in [2.75, 3.05) is 5.32 Å². The molecule has 0 aliphatic carbocycles. The van der Waals surface area contributed by atoms with Gasteiger partial charge in [0, 0.05) is 21.5 Å². The maximum atomic E-state index is 13.4. The predicted molar refractivity (Wildman–Crippen MR) is 104 cm³/mol. The molecule has 134 valence electrons. The largest absolute Gasteiger partial charge is 0.306 e. The minimum absolute atomic E-state index is 0.182. The van der Waals surface area contributed by atoms with E-state index in [4.69, 9.17) is 0 Å². The standard InChI is InChI=1S/C20H19BrFN3O/c1-20(2,3)17-12-18(23-19(26)13-5-4-6-15(22)11-13)25(24-17)16-9-7-14(21)8-10-16/h4-12H,1-3H3,(H,23,26). The lowest BCUT2D eigenvalue weighted by molar-refractivity contribution is 0.102. The van der Waals surface area contributed by atoms with Gasteiger partial charge in [-0.15, -0.1) is 0 Å². The smallest absolute Gasteiger partial charge is 0.256 e. The Morgan fingerprint density at radius 1 is 1.12 bits per heavy atom. The highest BCUT2D eigenvalue weighted by Crippen LogP contribution is 2.27. The molecule has 0 radical (unpaired) electrons. The maximum absolute atomic E-state index is 13.4. The first-order valence-corrected chi connectivity index (χ1v) is 8.97. The second-order valence-corrected chi connectivity index (χ2v) is 7.93. The Hall–Kier alpha value is -2.47. The fourth-order valence-corrected chi connectivity index (χ4v) is 2.70. The van der Waals surface area contributed by atoms with Crippen LogP contribution in [-0.4, -0.2) is 15.7 Å². The molecule has 4 nitrogen and oxygen atoms in total. The van der Waals surface area contributed by atoms with E-state index in [0.29, 0.717) is 5.82 Å². The van der Waals surface area contributed by atoms with Gasteiger partial charge in [0.15, 0.2) is 0 Å². The molecule has 26 heavy (non-hydrogen) atoms. The van der Waals surface area contributed by atoms with Gasteiger partial charge in [0.25, 0.3) is 5.91 Å². The SMILES string of the molecule is CC(C)(C)c1cc(NC(=O)c2cccc(F)c2)n(-c2ccc(Br)cc2)n1. The average Bonchev–Trinajstić information content (AvgIpc) is 2.99. The summed E-state index contributed by atoms with van der Waals surface area (Å²) in [6.07, 6.45) is 0. The van der Waals surface area contributed by atoms with Gasteiger partial charge in [-0.1, -0.05) is 42.8 Å². The topological polar surface area (TPSA) is 46.9 Å². The predicted octanol–water partition coefficient (Wildman–Crippen LogP) is 5.32. The number of benzene rings is 2. The molecule has 1 amide bonds. The number of nitrogens with one attached hydrogen (secondary N) is 1. The van der Waals surface area contributed by atoms with Crippen molar-refractivity contribution in [2.45, 2.75) is 26.2 Å². The first kappa shape index (κ1) is 18.3. The molecule has 6 heteroatoms. The molecular weight excluding hydrogens is 397 g/mol. The van der Waals surface area contributed by atoms with Crippen molar-refractivity contribution in [3.63, 3.8) is 0 Å². The van der Waals surface area contributed by atoms with E-state index >= 15 is 0 Å². The van der Waals surface area contributed by atoms with Crippen LogP contribution in [0.4, 0.5) is 10.2 Å². The Morgan fingerprint density at radius 2 is 1.81 bits per heavy atom. The van der Waals surface area contributed by atoms with E-state index in [0.717, 1.165) is 15.9 Å². The van der Waals surface area contributed by atoms with Crippen molar-refractivity contribution in [3.05, 3.63) is 76.1 Å². The molecule has 0 saturated carbocycles. The molecular formula is C20H19BrFN3O. The third-order valence-corrected chi connectivity index (χ3v) is 4.41. The van der Waals surface area contributed by atoms with Crippen LogP contribution in [0.5, 0.6) is 0 Å². The highest BCUT2D eigenvalue weighted by molar-refractivity contribution is 9.10. The van der Waals surface area contributed by atoms with Gasteiger partial charge >= 0.3 is 0 Å². The Kier molecular flexibility index (Phi) is 4.96. The average molecular weight is 416 g/mol. The summed E-state index contributed by atoms with van der Waals surface area (Å²) in [4.78, 5) is 12.5. The highest BCUT2D eigenvalue weighted by atomic mass is 79.9. The number of hydrogen-bond acceptors (Lipinski definition) is 2. The first-order valence-electron chi connectivity index (χ1n) is 8.17. The Labute approximate surface area is 160 Å². The second-order valence-electron chi connectivity index (χ2n) is 7.02. The molecule has 1 N–H and O–H groups in total. The van der Waals surface area contributed by atoms with Gasteiger partial charge < -0.3 is 5.32 Å². The van der Waals surface area contributed by atoms with E-state index < -0.39 is 5.82 Å². The Balaban J connectivity index is 2.00. The lowest BCUT2D eigenvalue weighted by atomic mass is 9.92. The summed E-state index contributed by atoms with van der Waals surface area (Å²) in [6, 6.07) is 15.1. The molecule has 0 unspecified atom stereocenters. The number of halogens is 2. The molecule has 3 rings (SSSR count). The van der Waals surface area contributed by atoms with Crippen LogP contribution in [0.15, 0.2) is 59.1 Å². The normalized spacial score (nSPS) is 11.4. The molecule has 0 bridgehead atoms. The van der Waals surface area contributed by atoms with Gasteiger partial charge in [0.05, 0.1) is 11.4 Å². The lowest BCUT2D eigenvalue weighted by Crippen LogP contribution is -2.15. The number of rotatable bonds is 3. The molecule has 1 heterocycles. The quantitative estimate of drug-likeness (QED) is 0.628. The number of carbonyl (C=O) groups excluding carboxylic acids is 1. The van der Waals surface area contributed by atoms with Crippen molar-refractivity contribution in [1.82, 2.24) is 9.78 Å². The number of hydrogen-bond donors (Lipinski definition) is 1. The van der Waals surface area contributed by atoms with Crippen molar-refractivity contribution in [2.24, 2.45) is 0 Å². The van der Waals surface area contributed by atoms with Crippen molar-refractivity contribution >= 4 is 27.7 Å². The van der Waals surface area contributed by atoms with Gasteiger partial charge in [-0.25, -0.2) is 9.07 Å². The van der Waals surface area contributed by atoms with Gasteiger partial charge in [0.2, 0.25) is 0 Å². The van der Waals surface area contributed by atoms with E-state index in [2.05, 4.69) is 47.1 Å². The van der Waals surface area contributed by atoms with E-state index in [1.54, 1.807) is 10.7 Å². The van der Waals surface area contributed by atoms with Crippen LogP contribution in [-0.2, 0) is 5.41 Å². The summed E-state index contributed by atoms with van der Waals surface area (Å²) in [5, 5.41) is 7.50. The Morgan fingerprint density at radius 3 is 2.42 bits per heavy atom. The summed E-state index contributed by atoms with van der Waals surface area (Å²) < 4.78 is 16.0. The zero-order valence-corrected chi connectivity index (χ0v) is 16.3. The maximum Gasteiger partial charge on any atom is 0.256 e. The third-order valence-electron chi connectivity index (χ3n) is 3.88. The van der Waals surface area contributed by atoms with E-state index in [9.17, 15) is 9.18 Å². The fraction of sp³-hybridized carbons (Fsp3) is 0.200. The summed E-state index contributed by atoms with van der Waals surface area (Å²) in [7, 11) is 0. The van der Waals surface area contributed by atoms with Crippen LogP contribution in [0.25, 0.3) is 5.69 Å². The molecule has 0 aliphatic heterocycles. The molecule has 0 atom stereocenters. The summed E-state index contributed by atoms with van der Waals surface area (Å²) in [5.74, 6) is -0.302. The molecule has 3 aromatic rings. The van der Waals surface area contributed by atoms with Crippen LogP contribution in [0.2, 0.25) is 0 Å². The molecule has 1 aromatic heterocycles. The second kappa shape index (κ2) is 7.03. The zero-order chi connectivity index (χ0) is 18.9. The van der Waals surface area contributed by atoms with Crippen LogP contribution < -0.4 is 5.32 Å². The minimum Gasteiger partial charge on any atom is -0.306 e. The fourth-order valence-electron chi connectivity index (χ4n) is 2.43. The number of carbonyl (C=O) groups is 1. The third kappa shape index (κ3) is 4.02. The summed E-state index contributed by atoms with van der Waals surface area (Å²) in [5.41, 5.74) is 1.73. The monoisotopic (exact) mass is 415 g/mol. The number of anilines is 1. The summed E-state index contributed by atoms with van der Waals surface area (Å²) in [6.45, 7) is 6.16. The van der Waals surface area contributed by atoms with Crippen molar-refractivity contribution < 1.29 is 9.18 Å². The van der Waals surface area contributed by atoms with E-state index in [1.165, 1.54) is 18.2 Å². The van der Waals surface area contributed by atoms with Crippen LogP contribution in [0.3, 0.4) is 0 Å². The summed E-state index contributed by atoms with van der Waals surface area (Å²) >= 11 is 3.42. The number of aromatic nitrogens is 2. The van der Waals surface area contributed by atoms with Crippen LogP contribution in [0, 0.1) is 5.82 Å². The van der Waals surface area contributed by atoms with Gasteiger partial charge in [-0.05, 0) is 42.5 Å². The number of nitrogens with zero attached hydrogens (tertiary/aromatic N) is 2. The minimum atomic E-state index is -0.450.